The highest BCUT2D eigenvalue weighted by Crippen LogP contribution is 2.26. The Morgan fingerprint density at radius 1 is 1.44 bits per heavy atom. The van der Waals surface area contributed by atoms with Crippen LogP contribution in [0.2, 0.25) is 5.02 Å². The third-order valence-electron chi connectivity index (χ3n) is 1.98. The molecule has 1 aromatic carbocycles. The van der Waals surface area contributed by atoms with Gasteiger partial charge >= 0.3 is 16.2 Å². The number of hydrogen-bond acceptors (Lipinski definition) is 4. The fourth-order valence-corrected chi connectivity index (χ4v) is 2.16. The molecule has 0 aliphatic heterocycles. The van der Waals surface area contributed by atoms with Crippen molar-refractivity contribution in [1.82, 2.24) is 0 Å². The van der Waals surface area contributed by atoms with Crippen LogP contribution in [0.5, 0.6) is 0 Å². The highest BCUT2D eigenvalue weighted by molar-refractivity contribution is 7.86. The molecule has 0 saturated carbocycles. The van der Waals surface area contributed by atoms with Gasteiger partial charge in [0.2, 0.25) is 0 Å². The van der Waals surface area contributed by atoms with E-state index in [1.807, 2.05) is 0 Å². The molecule has 0 saturated heterocycles. The third kappa shape index (κ3) is 2.51. The zero-order valence-electron chi connectivity index (χ0n) is 8.45. The van der Waals surface area contributed by atoms with Gasteiger partial charge in [0, 0.05) is 5.02 Å². The summed E-state index contributed by atoms with van der Waals surface area (Å²) in [7, 11) is -3.79. The van der Waals surface area contributed by atoms with Crippen LogP contribution >= 0.6 is 11.6 Å². The number of carbonyl (C=O) groups is 1. The van der Waals surface area contributed by atoms with Gasteiger partial charge in [-0.2, -0.15) is 8.42 Å². The Morgan fingerprint density at radius 2 is 2.00 bits per heavy atom. The lowest BCUT2D eigenvalue weighted by molar-refractivity contribution is 0.0600. The number of hydrogen-bond donors (Lipinski definition) is 0. The van der Waals surface area contributed by atoms with Crippen LogP contribution in [0.1, 0.15) is 15.9 Å². The number of benzene rings is 1. The average Bonchev–Trinajstić information content (AvgIpc) is 2.18. The lowest BCUT2D eigenvalue weighted by Crippen LogP contribution is -2.05. The van der Waals surface area contributed by atoms with Gasteiger partial charge in [-0.1, -0.05) is 11.6 Å². The number of rotatable bonds is 2. The van der Waals surface area contributed by atoms with Gasteiger partial charge < -0.3 is 4.74 Å². The molecule has 0 spiro atoms. The van der Waals surface area contributed by atoms with Gasteiger partial charge in [-0.3, -0.25) is 0 Å². The van der Waals surface area contributed by atoms with Crippen molar-refractivity contribution >= 4 is 27.8 Å². The molecule has 0 atom stereocenters. The van der Waals surface area contributed by atoms with Crippen molar-refractivity contribution in [3.63, 3.8) is 0 Å². The number of esters is 1. The second-order valence-electron chi connectivity index (χ2n) is 3.01. The van der Waals surface area contributed by atoms with Crippen molar-refractivity contribution in [2.24, 2.45) is 0 Å². The number of halogens is 2. The lowest BCUT2D eigenvalue weighted by Gasteiger charge is -2.06. The molecule has 0 heterocycles. The fourth-order valence-electron chi connectivity index (χ4n) is 1.14. The predicted octanol–water partition coefficient (Wildman–Crippen LogP) is 2.09. The molecule has 16 heavy (non-hydrogen) atoms. The van der Waals surface area contributed by atoms with Gasteiger partial charge in [0.15, 0.2) is 0 Å². The van der Waals surface area contributed by atoms with E-state index in [1.54, 1.807) is 0 Å². The van der Waals surface area contributed by atoms with Gasteiger partial charge in [0.1, 0.15) is 4.90 Å². The van der Waals surface area contributed by atoms with Crippen LogP contribution < -0.4 is 0 Å². The Morgan fingerprint density at radius 3 is 2.44 bits per heavy atom. The molecule has 0 amide bonds. The van der Waals surface area contributed by atoms with E-state index < -0.39 is 21.1 Å². The minimum Gasteiger partial charge on any atom is -0.465 e. The van der Waals surface area contributed by atoms with Gasteiger partial charge in [0.25, 0.3) is 0 Å². The zero-order chi connectivity index (χ0) is 12.5. The molecular formula is C9H8ClFO4S. The molecule has 0 bridgehead atoms. The van der Waals surface area contributed by atoms with Crippen LogP contribution in [0.15, 0.2) is 17.0 Å². The molecule has 0 aliphatic carbocycles. The Labute approximate surface area is 97.2 Å². The van der Waals surface area contributed by atoms with Gasteiger partial charge in [0.05, 0.1) is 12.7 Å². The summed E-state index contributed by atoms with van der Waals surface area (Å²) in [6.07, 6.45) is 0. The van der Waals surface area contributed by atoms with E-state index >= 15 is 0 Å². The highest BCUT2D eigenvalue weighted by Gasteiger charge is 2.20. The molecule has 0 fully saturated rings. The van der Waals surface area contributed by atoms with Crippen LogP contribution in [-0.4, -0.2) is 21.5 Å². The number of ether oxygens (including phenoxy) is 1. The van der Waals surface area contributed by atoms with Crippen LogP contribution in [0.3, 0.4) is 0 Å². The maximum Gasteiger partial charge on any atom is 0.337 e. The van der Waals surface area contributed by atoms with Gasteiger partial charge in [-0.25, -0.2) is 4.79 Å². The smallest absolute Gasteiger partial charge is 0.337 e. The first kappa shape index (κ1) is 12.9. The SMILES string of the molecule is COC(=O)c1cc(Cl)c(C)c(S(=O)(=O)F)c1. The summed E-state index contributed by atoms with van der Waals surface area (Å²) in [4.78, 5) is 10.5. The number of methoxy groups -OCH3 is 1. The third-order valence-corrected chi connectivity index (χ3v) is 3.32. The molecule has 0 aromatic heterocycles. The monoisotopic (exact) mass is 266 g/mol. The standard InChI is InChI=1S/C9H8ClFO4S/c1-5-7(10)3-6(9(12)15-2)4-8(5)16(11,13)14/h3-4H,1-2H3. The van der Waals surface area contributed by atoms with Crippen molar-refractivity contribution < 1.29 is 21.8 Å². The quantitative estimate of drug-likeness (QED) is 0.607. The molecule has 1 aromatic rings. The van der Waals surface area contributed by atoms with E-state index in [2.05, 4.69) is 4.74 Å². The van der Waals surface area contributed by atoms with Crippen LogP contribution in [0, 0.1) is 6.92 Å². The van der Waals surface area contributed by atoms with Gasteiger partial charge in [-0.15, -0.1) is 3.89 Å². The Kier molecular flexibility index (Phi) is 3.54. The van der Waals surface area contributed by atoms with E-state index in [0.717, 1.165) is 13.2 Å². The summed E-state index contributed by atoms with van der Waals surface area (Å²) in [6.45, 7) is 1.34. The van der Waals surface area contributed by atoms with Crippen LogP contribution in [0.25, 0.3) is 0 Å². The Hall–Kier alpha value is -1.14. The van der Waals surface area contributed by atoms with Crippen molar-refractivity contribution in [3.05, 3.63) is 28.3 Å². The average molecular weight is 267 g/mol. The van der Waals surface area contributed by atoms with Crippen molar-refractivity contribution in [1.29, 1.82) is 0 Å². The van der Waals surface area contributed by atoms with Crippen molar-refractivity contribution in [3.8, 4) is 0 Å². The minimum absolute atomic E-state index is 0.0147. The molecule has 0 radical (unpaired) electrons. The fraction of sp³-hybridized carbons (Fsp3) is 0.222. The molecule has 0 N–H and O–H groups in total. The maximum absolute atomic E-state index is 12.9. The summed E-state index contributed by atoms with van der Waals surface area (Å²) < 4.78 is 38.8. The van der Waals surface area contributed by atoms with E-state index in [4.69, 9.17) is 11.6 Å². The Bertz CT molecular complexity index is 539. The zero-order valence-corrected chi connectivity index (χ0v) is 10.0. The predicted molar refractivity (Wildman–Crippen MR) is 55.8 cm³/mol. The minimum atomic E-state index is -4.91. The van der Waals surface area contributed by atoms with E-state index in [0.29, 0.717) is 0 Å². The highest BCUT2D eigenvalue weighted by atomic mass is 35.5. The second-order valence-corrected chi connectivity index (χ2v) is 4.73. The van der Waals surface area contributed by atoms with E-state index in [9.17, 15) is 17.1 Å². The topological polar surface area (TPSA) is 60.4 Å². The summed E-state index contributed by atoms with van der Waals surface area (Å²) in [5.41, 5.74) is -0.0638. The summed E-state index contributed by atoms with van der Waals surface area (Å²) in [5, 5.41) is -0.0147. The van der Waals surface area contributed by atoms with Crippen molar-refractivity contribution in [2.45, 2.75) is 11.8 Å². The van der Waals surface area contributed by atoms with Crippen LogP contribution in [0.4, 0.5) is 3.89 Å². The molecule has 0 aliphatic rings. The molecule has 4 nitrogen and oxygen atoms in total. The molecule has 88 valence electrons. The maximum atomic E-state index is 12.9. The normalized spacial score (nSPS) is 11.2. The molecule has 7 heteroatoms. The molecular weight excluding hydrogens is 259 g/mol. The summed E-state index contributed by atoms with van der Waals surface area (Å²) in [6, 6.07) is 2.11. The Balaban J connectivity index is 3.52. The first-order valence-corrected chi connectivity index (χ1v) is 5.86. The van der Waals surface area contributed by atoms with Crippen LogP contribution in [-0.2, 0) is 15.0 Å². The second kappa shape index (κ2) is 4.39. The van der Waals surface area contributed by atoms with Gasteiger partial charge in [-0.05, 0) is 24.6 Å². The van der Waals surface area contributed by atoms with E-state index in [-0.39, 0.29) is 16.1 Å². The first-order valence-electron chi connectivity index (χ1n) is 4.10. The van der Waals surface area contributed by atoms with Crippen molar-refractivity contribution in [2.75, 3.05) is 7.11 Å². The first-order chi connectivity index (χ1) is 7.27. The summed E-state index contributed by atoms with van der Waals surface area (Å²) in [5.74, 6) is -0.785. The van der Waals surface area contributed by atoms with E-state index in [1.165, 1.54) is 13.0 Å². The number of carbonyl (C=O) groups excluding carboxylic acids is 1. The molecule has 1 rings (SSSR count). The summed E-state index contributed by atoms with van der Waals surface area (Å²) >= 11 is 5.69. The molecule has 0 unspecified atom stereocenters. The largest absolute Gasteiger partial charge is 0.465 e. The lowest BCUT2D eigenvalue weighted by atomic mass is 10.1.